The smallest absolute Gasteiger partial charge is 0.225 e. The molecule has 2 heterocycles. The first-order chi connectivity index (χ1) is 9.11. The summed E-state index contributed by atoms with van der Waals surface area (Å²) in [6.07, 6.45) is 3.77. The van der Waals surface area contributed by atoms with Gasteiger partial charge in [-0.2, -0.15) is 0 Å². The van der Waals surface area contributed by atoms with Gasteiger partial charge in [0.25, 0.3) is 0 Å². The predicted molar refractivity (Wildman–Crippen MR) is 76.5 cm³/mol. The highest BCUT2D eigenvalue weighted by Gasteiger charge is 2.30. The SMILES string of the molecule is COCCN1C(C)CN(c2ncc(C)cn2)CC1C. The summed E-state index contributed by atoms with van der Waals surface area (Å²) in [4.78, 5) is 13.6. The van der Waals surface area contributed by atoms with Crippen molar-refractivity contribution >= 4 is 5.95 Å². The lowest BCUT2D eigenvalue weighted by Gasteiger charge is -2.44. The van der Waals surface area contributed by atoms with Crippen molar-refractivity contribution in [2.75, 3.05) is 38.3 Å². The number of aryl methyl sites for hydroxylation is 1. The quantitative estimate of drug-likeness (QED) is 0.820. The molecule has 5 nitrogen and oxygen atoms in total. The van der Waals surface area contributed by atoms with Gasteiger partial charge in [-0.3, -0.25) is 4.90 Å². The highest BCUT2D eigenvalue weighted by molar-refractivity contribution is 5.31. The number of hydrogen-bond donors (Lipinski definition) is 0. The topological polar surface area (TPSA) is 41.5 Å². The highest BCUT2D eigenvalue weighted by Crippen LogP contribution is 2.19. The number of rotatable bonds is 4. The molecular weight excluding hydrogens is 240 g/mol. The van der Waals surface area contributed by atoms with E-state index in [4.69, 9.17) is 4.74 Å². The summed E-state index contributed by atoms with van der Waals surface area (Å²) in [7, 11) is 1.76. The maximum atomic E-state index is 5.19. The van der Waals surface area contributed by atoms with Crippen LogP contribution in [0.15, 0.2) is 12.4 Å². The molecule has 0 N–H and O–H groups in total. The zero-order valence-electron chi connectivity index (χ0n) is 12.3. The van der Waals surface area contributed by atoms with Crippen LogP contribution in [0.1, 0.15) is 19.4 Å². The van der Waals surface area contributed by atoms with Gasteiger partial charge in [0, 0.05) is 51.2 Å². The maximum absolute atomic E-state index is 5.19. The number of anilines is 1. The fourth-order valence-electron chi connectivity index (χ4n) is 2.71. The van der Waals surface area contributed by atoms with E-state index in [2.05, 4.69) is 33.6 Å². The first-order valence-corrected chi connectivity index (χ1v) is 6.90. The molecule has 0 aliphatic carbocycles. The Hall–Kier alpha value is -1.20. The summed E-state index contributed by atoms with van der Waals surface area (Å²) in [5, 5.41) is 0. The lowest BCUT2D eigenvalue weighted by molar-refractivity contribution is 0.0842. The molecule has 1 aliphatic rings. The van der Waals surface area contributed by atoms with Crippen molar-refractivity contribution < 1.29 is 4.74 Å². The number of methoxy groups -OCH3 is 1. The molecular formula is C14H24N4O. The third-order valence-electron chi connectivity index (χ3n) is 3.71. The minimum atomic E-state index is 0.490. The standard InChI is InChI=1S/C14H24N4O/c1-11-7-15-14(16-8-11)17-9-12(2)18(5-6-19-4)13(3)10-17/h7-8,12-13H,5-6,9-10H2,1-4H3. The molecule has 1 aromatic rings. The Morgan fingerprint density at radius 3 is 2.32 bits per heavy atom. The van der Waals surface area contributed by atoms with Crippen LogP contribution >= 0.6 is 0 Å². The Balaban J connectivity index is 2.02. The minimum absolute atomic E-state index is 0.490. The molecule has 1 saturated heterocycles. The van der Waals surface area contributed by atoms with Gasteiger partial charge in [-0.05, 0) is 26.3 Å². The van der Waals surface area contributed by atoms with E-state index < -0.39 is 0 Å². The number of ether oxygens (including phenoxy) is 1. The lowest BCUT2D eigenvalue weighted by Crippen LogP contribution is -2.57. The summed E-state index contributed by atoms with van der Waals surface area (Å²) >= 11 is 0. The van der Waals surface area contributed by atoms with Gasteiger partial charge in [0.1, 0.15) is 0 Å². The second-order valence-corrected chi connectivity index (χ2v) is 5.39. The summed E-state index contributed by atoms with van der Waals surface area (Å²) in [6, 6.07) is 0.979. The molecule has 2 unspecified atom stereocenters. The van der Waals surface area contributed by atoms with Crippen molar-refractivity contribution in [3.8, 4) is 0 Å². The molecule has 1 aromatic heterocycles. The van der Waals surface area contributed by atoms with Gasteiger partial charge in [0.15, 0.2) is 0 Å². The minimum Gasteiger partial charge on any atom is -0.383 e. The molecule has 0 saturated carbocycles. The normalized spacial score (nSPS) is 24.7. The lowest BCUT2D eigenvalue weighted by atomic mass is 10.1. The Morgan fingerprint density at radius 1 is 1.21 bits per heavy atom. The largest absolute Gasteiger partial charge is 0.383 e. The van der Waals surface area contributed by atoms with Gasteiger partial charge < -0.3 is 9.64 Å². The number of nitrogens with zero attached hydrogens (tertiary/aromatic N) is 4. The van der Waals surface area contributed by atoms with E-state index in [1.807, 2.05) is 19.3 Å². The van der Waals surface area contributed by atoms with E-state index in [0.717, 1.165) is 37.8 Å². The zero-order valence-corrected chi connectivity index (χ0v) is 12.3. The van der Waals surface area contributed by atoms with Crippen LogP contribution in [0.5, 0.6) is 0 Å². The maximum Gasteiger partial charge on any atom is 0.225 e. The van der Waals surface area contributed by atoms with Crippen molar-refractivity contribution in [2.45, 2.75) is 32.9 Å². The molecule has 5 heteroatoms. The van der Waals surface area contributed by atoms with Gasteiger partial charge >= 0.3 is 0 Å². The van der Waals surface area contributed by atoms with Gasteiger partial charge in [-0.1, -0.05) is 0 Å². The van der Waals surface area contributed by atoms with Crippen LogP contribution in [0, 0.1) is 6.92 Å². The van der Waals surface area contributed by atoms with Crippen LogP contribution in [0.2, 0.25) is 0 Å². The third kappa shape index (κ3) is 3.42. The van der Waals surface area contributed by atoms with E-state index >= 15 is 0 Å². The summed E-state index contributed by atoms with van der Waals surface area (Å²) in [5.41, 5.74) is 1.10. The summed E-state index contributed by atoms with van der Waals surface area (Å²) in [5.74, 6) is 0.843. The fraction of sp³-hybridized carbons (Fsp3) is 0.714. The summed E-state index contributed by atoms with van der Waals surface area (Å²) in [6.45, 7) is 10.2. The molecule has 106 valence electrons. The zero-order chi connectivity index (χ0) is 13.8. The van der Waals surface area contributed by atoms with Gasteiger partial charge in [-0.15, -0.1) is 0 Å². The molecule has 1 fully saturated rings. The molecule has 2 atom stereocenters. The van der Waals surface area contributed by atoms with Gasteiger partial charge in [-0.25, -0.2) is 9.97 Å². The van der Waals surface area contributed by atoms with Crippen molar-refractivity contribution in [3.63, 3.8) is 0 Å². The number of aromatic nitrogens is 2. The van der Waals surface area contributed by atoms with Crippen molar-refractivity contribution in [1.29, 1.82) is 0 Å². The molecule has 0 amide bonds. The Bertz CT molecular complexity index is 383. The average Bonchev–Trinajstić information content (AvgIpc) is 2.38. The summed E-state index contributed by atoms with van der Waals surface area (Å²) < 4.78 is 5.19. The molecule has 0 radical (unpaired) electrons. The Labute approximate surface area is 115 Å². The van der Waals surface area contributed by atoms with Crippen LogP contribution in [0.3, 0.4) is 0 Å². The Morgan fingerprint density at radius 2 is 1.79 bits per heavy atom. The van der Waals surface area contributed by atoms with E-state index in [1.165, 1.54) is 0 Å². The Kier molecular flexibility index (Phi) is 4.71. The van der Waals surface area contributed by atoms with Crippen LogP contribution in [0.25, 0.3) is 0 Å². The van der Waals surface area contributed by atoms with Gasteiger partial charge in [0.2, 0.25) is 5.95 Å². The average molecular weight is 264 g/mol. The third-order valence-corrected chi connectivity index (χ3v) is 3.71. The number of hydrogen-bond acceptors (Lipinski definition) is 5. The molecule has 0 aromatic carbocycles. The first kappa shape index (κ1) is 14.2. The number of piperazine rings is 1. The molecule has 1 aliphatic heterocycles. The van der Waals surface area contributed by atoms with Crippen LogP contribution in [-0.4, -0.2) is 60.3 Å². The second kappa shape index (κ2) is 6.30. The monoisotopic (exact) mass is 264 g/mol. The molecule has 2 rings (SSSR count). The van der Waals surface area contributed by atoms with E-state index in [-0.39, 0.29) is 0 Å². The molecule has 19 heavy (non-hydrogen) atoms. The molecule has 0 bridgehead atoms. The second-order valence-electron chi connectivity index (χ2n) is 5.39. The van der Waals surface area contributed by atoms with Gasteiger partial charge in [0.05, 0.1) is 6.61 Å². The fourth-order valence-corrected chi connectivity index (χ4v) is 2.71. The van der Waals surface area contributed by atoms with E-state index in [0.29, 0.717) is 12.1 Å². The van der Waals surface area contributed by atoms with Crippen LogP contribution < -0.4 is 4.90 Å². The van der Waals surface area contributed by atoms with Crippen LogP contribution in [-0.2, 0) is 4.74 Å². The van der Waals surface area contributed by atoms with E-state index in [9.17, 15) is 0 Å². The first-order valence-electron chi connectivity index (χ1n) is 6.90. The van der Waals surface area contributed by atoms with Crippen LogP contribution in [0.4, 0.5) is 5.95 Å². The molecule has 0 spiro atoms. The van der Waals surface area contributed by atoms with Crippen molar-refractivity contribution in [3.05, 3.63) is 18.0 Å². The highest BCUT2D eigenvalue weighted by atomic mass is 16.5. The van der Waals surface area contributed by atoms with E-state index in [1.54, 1.807) is 7.11 Å². The van der Waals surface area contributed by atoms with Crippen molar-refractivity contribution in [2.24, 2.45) is 0 Å². The van der Waals surface area contributed by atoms with Crippen molar-refractivity contribution in [1.82, 2.24) is 14.9 Å². The predicted octanol–water partition coefficient (Wildman–Crippen LogP) is 1.33.